The molecule has 1 aromatic carbocycles. The van der Waals surface area contributed by atoms with Crippen LogP contribution in [0.5, 0.6) is 5.75 Å². The zero-order chi connectivity index (χ0) is 13.2. The average Bonchev–Trinajstić information content (AvgIpc) is 3.25. The van der Waals surface area contributed by atoms with Gasteiger partial charge in [0.2, 0.25) is 0 Å². The Balaban J connectivity index is 0.00000110. The zero-order valence-corrected chi connectivity index (χ0v) is 13.8. The molecule has 1 aliphatic carbocycles. The third-order valence-electron chi connectivity index (χ3n) is 4.13. The first-order chi connectivity index (χ1) is 9.29. The number of methoxy groups -OCH3 is 1. The first kappa shape index (κ1) is 18.5. The molecule has 3 rings (SSSR count). The van der Waals surface area contributed by atoms with Gasteiger partial charge in [0.15, 0.2) is 11.6 Å². The second-order valence-electron chi connectivity index (χ2n) is 5.46. The summed E-state index contributed by atoms with van der Waals surface area (Å²) in [5.74, 6) is 0.783. The van der Waals surface area contributed by atoms with Crippen molar-refractivity contribution in [1.29, 1.82) is 0 Å². The monoisotopic (exact) mass is 336 g/mol. The van der Waals surface area contributed by atoms with Crippen LogP contribution in [0.25, 0.3) is 0 Å². The van der Waals surface area contributed by atoms with Crippen LogP contribution in [0.4, 0.5) is 4.39 Å². The molecule has 3 nitrogen and oxygen atoms in total. The van der Waals surface area contributed by atoms with E-state index in [1.54, 1.807) is 12.1 Å². The molecule has 0 aromatic heterocycles. The first-order valence-corrected chi connectivity index (χ1v) is 7.08. The van der Waals surface area contributed by atoms with E-state index in [9.17, 15) is 4.39 Å². The smallest absolute Gasteiger partial charge is 0.165 e. The van der Waals surface area contributed by atoms with Crippen LogP contribution in [0, 0.1) is 11.7 Å². The lowest BCUT2D eigenvalue weighted by atomic mass is 9.99. The van der Waals surface area contributed by atoms with Crippen molar-refractivity contribution >= 4 is 24.8 Å². The SMILES string of the molecule is COc1ccc([C@@H](C2CC2)N2CCNCC2)cc1F.Cl.Cl. The quantitative estimate of drug-likeness (QED) is 0.914. The molecule has 120 valence electrons. The standard InChI is InChI=1S/C15H21FN2O.2ClH/c1-19-14-5-4-12(10-13(14)16)15(11-2-3-11)18-8-6-17-7-9-18;;/h4-5,10-11,15,17H,2-3,6-9H2,1H3;2*1H/t15-;;/m1../s1. The summed E-state index contributed by atoms with van der Waals surface area (Å²) in [6.07, 6.45) is 2.53. The fourth-order valence-electron chi connectivity index (χ4n) is 3.02. The van der Waals surface area contributed by atoms with Crippen molar-refractivity contribution in [2.75, 3.05) is 33.3 Å². The predicted molar refractivity (Wildman–Crippen MR) is 87.4 cm³/mol. The second-order valence-corrected chi connectivity index (χ2v) is 5.46. The van der Waals surface area contributed by atoms with Gasteiger partial charge in [-0.25, -0.2) is 4.39 Å². The average molecular weight is 337 g/mol. The molecule has 1 saturated carbocycles. The molecule has 0 bridgehead atoms. The Labute approximate surface area is 138 Å². The molecule has 1 heterocycles. The Bertz CT molecular complexity index is 451. The number of halogens is 3. The number of ether oxygens (including phenoxy) is 1. The molecule has 0 amide bonds. The number of benzene rings is 1. The predicted octanol–water partition coefficient (Wildman–Crippen LogP) is 3.03. The van der Waals surface area contributed by atoms with Crippen LogP contribution < -0.4 is 10.1 Å². The molecular formula is C15H23Cl2FN2O. The van der Waals surface area contributed by atoms with Gasteiger partial charge in [0.1, 0.15) is 0 Å². The van der Waals surface area contributed by atoms with Gasteiger partial charge >= 0.3 is 0 Å². The van der Waals surface area contributed by atoms with E-state index < -0.39 is 0 Å². The number of hydrogen-bond acceptors (Lipinski definition) is 3. The van der Waals surface area contributed by atoms with Crippen LogP contribution in [0.1, 0.15) is 24.4 Å². The number of rotatable bonds is 4. The number of piperazine rings is 1. The van der Waals surface area contributed by atoms with Gasteiger partial charge in [-0.1, -0.05) is 6.07 Å². The zero-order valence-electron chi connectivity index (χ0n) is 12.2. The summed E-state index contributed by atoms with van der Waals surface area (Å²) in [5, 5.41) is 3.37. The summed E-state index contributed by atoms with van der Waals surface area (Å²) in [7, 11) is 1.51. The summed E-state index contributed by atoms with van der Waals surface area (Å²) in [6.45, 7) is 4.16. The highest BCUT2D eigenvalue weighted by Gasteiger charge is 2.36. The van der Waals surface area contributed by atoms with Crippen molar-refractivity contribution in [3.8, 4) is 5.75 Å². The molecule has 6 heteroatoms. The van der Waals surface area contributed by atoms with Gasteiger partial charge in [-0.3, -0.25) is 4.90 Å². The lowest BCUT2D eigenvalue weighted by Gasteiger charge is -2.35. The third-order valence-corrected chi connectivity index (χ3v) is 4.13. The molecule has 1 aromatic rings. The summed E-state index contributed by atoms with van der Waals surface area (Å²) in [6, 6.07) is 5.81. The fourth-order valence-corrected chi connectivity index (χ4v) is 3.02. The van der Waals surface area contributed by atoms with Crippen LogP contribution >= 0.6 is 24.8 Å². The van der Waals surface area contributed by atoms with Gasteiger partial charge in [-0.2, -0.15) is 0 Å². The highest BCUT2D eigenvalue weighted by molar-refractivity contribution is 5.85. The molecule has 1 atom stereocenters. The Morgan fingerprint density at radius 1 is 1.24 bits per heavy atom. The van der Waals surface area contributed by atoms with Gasteiger partial charge in [-0.15, -0.1) is 24.8 Å². The van der Waals surface area contributed by atoms with E-state index >= 15 is 0 Å². The largest absolute Gasteiger partial charge is 0.494 e. The highest BCUT2D eigenvalue weighted by atomic mass is 35.5. The van der Waals surface area contributed by atoms with Crippen molar-refractivity contribution in [2.45, 2.75) is 18.9 Å². The van der Waals surface area contributed by atoms with E-state index in [-0.39, 0.29) is 30.6 Å². The molecule has 1 aliphatic heterocycles. The van der Waals surface area contributed by atoms with E-state index in [0.29, 0.717) is 17.7 Å². The maximum atomic E-state index is 13.9. The van der Waals surface area contributed by atoms with Crippen molar-refractivity contribution in [2.24, 2.45) is 5.92 Å². The Kier molecular flexibility index (Phi) is 7.21. The maximum absolute atomic E-state index is 13.9. The van der Waals surface area contributed by atoms with Gasteiger partial charge < -0.3 is 10.1 Å². The van der Waals surface area contributed by atoms with Gasteiger partial charge in [-0.05, 0) is 36.5 Å². The molecule has 0 spiro atoms. The van der Waals surface area contributed by atoms with E-state index in [2.05, 4.69) is 10.2 Å². The number of nitrogens with zero attached hydrogens (tertiary/aromatic N) is 1. The summed E-state index contributed by atoms with van der Waals surface area (Å²) in [5.41, 5.74) is 1.10. The number of hydrogen-bond donors (Lipinski definition) is 1. The Hall–Kier alpha value is -0.550. The molecule has 1 N–H and O–H groups in total. The minimum Gasteiger partial charge on any atom is -0.494 e. The number of nitrogens with one attached hydrogen (secondary N) is 1. The lowest BCUT2D eigenvalue weighted by Crippen LogP contribution is -2.45. The molecule has 2 fully saturated rings. The second kappa shape index (κ2) is 8.18. The van der Waals surface area contributed by atoms with E-state index in [0.717, 1.165) is 31.7 Å². The van der Waals surface area contributed by atoms with Crippen LogP contribution in [0.2, 0.25) is 0 Å². The molecule has 2 aliphatic rings. The molecular weight excluding hydrogens is 314 g/mol. The summed E-state index contributed by atoms with van der Waals surface area (Å²) < 4.78 is 18.9. The minimum atomic E-state index is -0.249. The van der Waals surface area contributed by atoms with Crippen LogP contribution in [0.15, 0.2) is 18.2 Å². The van der Waals surface area contributed by atoms with Crippen LogP contribution in [-0.2, 0) is 0 Å². The summed E-state index contributed by atoms with van der Waals surface area (Å²) >= 11 is 0. The third kappa shape index (κ3) is 4.22. The van der Waals surface area contributed by atoms with E-state index in [1.165, 1.54) is 20.0 Å². The molecule has 0 radical (unpaired) electrons. The molecule has 0 unspecified atom stereocenters. The lowest BCUT2D eigenvalue weighted by molar-refractivity contribution is 0.156. The Morgan fingerprint density at radius 3 is 2.43 bits per heavy atom. The fraction of sp³-hybridized carbons (Fsp3) is 0.600. The maximum Gasteiger partial charge on any atom is 0.165 e. The van der Waals surface area contributed by atoms with Crippen molar-refractivity contribution < 1.29 is 9.13 Å². The topological polar surface area (TPSA) is 24.5 Å². The van der Waals surface area contributed by atoms with Crippen molar-refractivity contribution in [3.63, 3.8) is 0 Å². The van der Waals surface area contributed by atoms with Gasteiger partial charge in [0.05, 0.1) is 7.11 Å². The highest BCUT2D eigenvalue weighted by Crippen LogP contribution is 2.45. The first-order valence-electron chi connectivity index (χ1n) is 7.08. The van der Waals surface area contributed by atoms with Crippen LogP contribution in [0.3, 0.4) is 0 Å². The molecule has 21 heavy (non-hydrogen) atoms. The van der Waals surface area contributed by atoms with Gasteiger partial charge in [0.25, 0.3) is 0 Å². The van der Waals surface area contributed by atoms with Crippen molar-refractivity contribution in [1.82, 2.24) is 10.2 Å². The van der Waals surface area contributed by atoms with Crippen LogP contribution in [-0.4, -0.2) is 38.2 Å². The molecule has 1 saturated heterocycles. The minimum absolute atomic E-state index is 0. The summed E-state index contributed by atoms with van der Waals surface area (Å²) in [4.78, 5) is 2.50. The van der Waals surface area contributed by atoms with Gasteiger partial charge in [0, 0.05) is 32.2 Å². The van der Waals surface area contributed by atoms with Crippen molar-refractivity contribution in [3.05, 3.63) is 29.6 Å². The normalized spacial score (nSPS) is 20.1. The van der Waals surface area contributed by atoms with E-state index in [4.69, 9.17) is 4.74 Å². The Morgan fingerprint density at radius 2 is 1.90 bits per heavy atom. The van der Waals surface area contributed by atoms with E-state index in [1.807, 2.05) is 6.07 Å².